The SMILES string of the molecule is CC[C@H](C)[C@@H](C(=O)OCC(=O)NCC1CCCCC1)N1C(=O)c2ccccc2C1=O. The van der Waals surface area contributed by atoms with Crippen LogP contribution in [-0.4, -0.2) is 47.8 Å². The molecular formula is C23H30N2O5. The van der Waals surface area contributed by atoms with Crippen LogP contribution < -0.4 is 5.32 Å². The predicted octanol–water partition coefficient (Wildman–Crippen LogP) is 2.94. The van der Waals surface area contributed by atoms with Crippen molar-refractivity contribution in [2.24, 2.45) is 11.8 Å². The molecule has 30 heavy (non-hydrogen) atoms. The summed E-state index contributed by atoms with van der Waals surface area (Å²) >= 11 is 0. The van der Waals surface area contributed by atoms with E-state index in [4.69, 9.17) is 4.74 Å². The summed E-state index contributed by atoms with van der Waals surface area (Å²) in [6.45, 7) is 3.84. The Bertz CT molecular complexity index is 781. The van der Waals surface area contributed by atoms with Gasteiger partial charge in [-0.25, -0.2) is 4.79 Å². The van der Waals surface area contributed by atoms with E-state index in [1.807, 2.05) is 6.92 Å². The minimum atomic E-state index is -1.06. The van der Waals surface area contributed by atoms with Crippen molar-refractivity contribution in [3.05, 3.63) is 35.4 Å². The molecule has 2 atom stereocenters. The zero-order valence-corrected chi connectivity index (χ0v) is 17.7. The summed E-state index contributed by atoms with van der Waals surface area (Å²) in [5.74, 6) is -1.92. The molecule has 0 aromatic heterocycles. The van der Waals surface area contributed by atoms with Crippen LogP contribution in [0.1, 0.15) is 73.1 Å². The first kappa shape index (κ1) is 22.0. The first-order valence-electron chi connectivity index (χ1n) is 10.8. The third-order valence-corrected chi connectivity index (χ3v) is 6.19. The van der Waals surface area contributed by atoms with Crippen LogP contribution in [0.5, 0.6) is 0 Å². The van der Waals surface area contributed by atoms with Crippen molar-refractivity contribution < 1.29 is 23.9 Å². The quantitative estimate of drug-likeness (QED) is 0.522. The first-order chi connectivity index (χ1) is 14.4. The van der Waals surface area contributed by atoms with Crippen molar-refractivity contribution in [3.63, 3.8) is 0 Å². The van der Waals surface area contributed by atoms with Gasteiger partial charge in [0.05, 0.1) is 11.1 Å². The lowest BCUT2D eigenvalue weighted by molar-refractivity contribution is -0.154. The van der Waals surface area contributed by atoms with Crippen LogP contribution in [0.3, 0.4) is 0 Å². The Morgan fingerprint density at radius 2 is 1.70 bits per heavy atom. The zero-order valence-electron chi connectivity index (χ0n) is 17.7. The number of carbonyl (C=O) groups excluding carboxylic acids is 4. The highest BCUT2D eigenvalue weighted by Crippen LogP contribution is 2.28. The lowest BCUT2D eigenvalue weighted by Crippen LogP contribution is -2.49. The van der Waals surface area contributed by atoms with Crippen LogP contribution in [0.15, 0.2) is 24.3 Å². The predicted molar refractivity (Wildman–Crippen MR) is 111 cm³/mol. The summed E-state index contributed by atoms with van der Waals surface area (Å²) in [4.78, 5) is 51.6. The largest absolute Gasteiger partial charge is 0.454 e. The molecule has 0 bridgehead atoms. The van der Waals surface area contributed by atoms with Gasteiger partial charge in [-0.3, -0.25) is 19.3 Å². The number of rotatable bonds is 8. The van der Waals surface area contributed by atoms with Gasteiger partial charge in [0, 0.05) is 6.54 Å². The van der Waals surface area contributed by atoms with Crippen LogP contribution in [-0.2, 0) is 14.3 Å². The van der Waals surface area contributed by atoms with Crippen LogP contribution in [0.25, 0.3) is 0 Å². The lowest BCUT2D eigenvalue weighted by Gasteiger charge is -2.28. The zero-order chi connectivity index (χ0) is 21.7. The number of hydrogen-bond acceptors (Lipinski definition) is 5. The van der Waals surface area contributed by atoms with Gasteiger partial charge in [0.15, 0.2) is 6.61 Å². The number of ether oxygens (including phenoxy) is 1. The molecule has 1 heterocycles. The summed E-state index contributed by atoms with van der Waals surface area (Å²) in [5, 5.41) is 2.83. The molecule has 0 unspecified atom stereocenters. The van der Waals surface area contributed by atoms with Crippen molar-refractivity contribution in [1.29, 1.82) is 0 Å². The summed E-state index contributed by atoms with van der Waals surface area (Å²) < 4.78 is 5.24. The molecule has 7 heteroatoms. The van der Waals surface area contributed by atoms with E-state index < -0.39 is 30.4 Å². The summed E-state index contributed by atoms with van der Waals surface area (Å²) in [7, 11) is 0. The Morgan fingerprint density at radius 3 is 2.27 bits per heavy atom. The second-order valence-corrected chi connectivity index (χ2v) is 8.27. The van der Waals surface area contributed by atoms with Gasteiger partial charge in [-0.15, -0.1) is 0 Å². The Hall–Kier alpha value is -2.70. The Balaban J connectivity index is 1.61. The lowest BCUT2D eigenvalue weighted by atomic mass is 9.89. The van der Waals surface area contributed by atoms with E-state index >= 15 is 0 Å². The molecule has 0 spiro atoms. The number of nitrogens with one attached hydrogen (secondary N) is 1. The van der Waals surface area contributed by atoms with Gasteiger partial charge in [-0.1, -0.05) is 51.7 Å². The average Bonchev–Trinajstić information content (AvgIpc) is 3.02. The van der Waals surface area contributed by atoms with E-state index in [0.29, 0.717) is 18.9 Å². The first-order valence-corrected chi connectivity index (χ1v) is 10.8. The molecule has 1 N–H and O–H groups in total. The molecule has 3 rings (SSSR count). The molecule has 1 fully saturated rings. The summed E-state index contributed by atoms with van der Waals surface area (Å²) in [6, 6.07) is 5.45. The third kappa shape index (κ3) is 4.71. The van der Waals surface area contributed by atoms with Gasteiger partial charge in [0.2, 0.25) is 0 Å². The molecule has 7 nitrogen and oxygen atoms in total. The van der Waals surface area contributed by atoms with Crippen molar-refractivity contribution >= 4 is 23.7 Å². The third-order valence-electron chi connectivity index (χ3n) is 6.19. The minimum Gasteiger partial charge on any atom is -0.454 e. The second-order valence-electron chi connectivity index (χ2n) is 8.27. The molecule has 1 aromatic carbocycles. The van der Waals surface area contributed by atoms with Gasteiger partial charge >= 0.3 is 5.97 Å². The molecule has 3 amide bonds. The molecule has 1 aliphatic carbocycles. The number of esters is 1. The van der Waals surface area contributed by atoms with Crippen molar-refractivity contribution in [3.8, 4) is 0 Å². The average molecular weight is 415 g/mol. The topological polar surface area (TPSA) is 92.8 Å². The highest BCUT2D eigenvalue weighted by atomic mass is 16.5. The molecule has 2 aliphatic rings. The van der Waals surface area contributed by atoms with E-state index in [9.17, 15) is 19.2 Å². The van der Waals surface area contributed by atoms with Gasteiger partial charge in [-0.2, -0.15) is 0 Å². The van der Waals surface area contributed by atoms with Crippen LogP contribution in [0, 0.1) is 11.8 Å². The molecule has 1 aliphatic heterocycles. The highest BCUT2D eigenvalue weighted by molar-refractivity contribution is 6.22. The molecule has 162 valence electrons. The van der Waals surface area contributed by atoms with E-state index in [1.165, 1.54) is 19.3 Å². The maximum Gasteiger partial charge on any atom is 0.330 e. The van der Waals surface area contributed by atoms with E-state index in [1.54, 1.807) is 31.2 Å². The number of fused-ring (bicyclic) bond motifs is 1. The Morgan fingerprint density at radius 1 is 1.10 bits per heavy atom. The summed E-state index contributed by atoms with van der Waals surface area (Å²) in [6.07, 6.45) is 6.41. The maximum atomic E-state index is 12.8. The van der Waals surface area contributed by atoms with Gasteiger partial charge in [0.25, 0.3) is 17.7 Å². The Labute approximate surface area is 177 Å². The Kier molecular flexibility index (Phi) is 7.24. The van der Waals surface area contributed by atoms with Crippen molar-refractivity contribution in [2.75, 3.05) is 13.2 Å². The highest BCUT2D eigenvalue weighted by Gasteiger charge is 2.45. The van der Waals surface area contributed by atoms with Crippen molar-refractivity contribution in [1.82, 2.24) is 10.2 Å². The standard InChI is InChI=1S/C23H30N2O5/c1-3-15(2)20(25-21(27)17-11-7-8-12-18(17)22(25)28)23(29)30-14-19(26)24-13-16-9-5-4-6-10-16/h7-8,11-12,15-16,20H,3-6,9-10,13-14H2,1-2H3,(H,24,26)/t15-,20-/m0/s1. The second kappa shape index (κ2) is 9.87. The van der Waals surface area contributed by atoms with E-state index in [2.05, 4.69) is 5.32 Å². The number of amides is 3. The fourth-order valence-corrected chi connectivity index (χ4v) is 4.20. The molecule has 1 aromatic rings. The molecule has 0 radical (unpaired) electrons. The summed E-state index contributed by atoms with van der Waals surface area (Å²) in [5.41, 5.74) is 0.572. The molecule has 1 saturated carbocycles. The number of carbonyl (C=O) groups is 4. The van der Waals surface area contributed by atoms with Crippen LogP contribution in [0.4, 0.5) is 0 Å². The molecule has 0 saturated heterocycles. The van der Waals surface area contributed by atoms with Crippen molar-refractivity contribution in [2.45, 2.75) is 58.4 Å². The normalized spacial score (nSPS) is 18.7. The number of nitrogens with zero attached hydrogens (tertiary/aromatic N) is 1. The number of benzene rings is 1. The fraction of sp³-hybridized carbons (Fsp3) is 0.565. The van der Waals surface area contributed by atoms with Crippen LogP contribution >= 0.6 is 0 Å². The van der Waals surface area contributed by atoms with Gasteiger partial charge in [0.1, 0.15) is 6.04 Å². The fourth-order valence-electron chi connectivity index (χ4n) is 4.20. The smallest absolute Gasteiger partial charge is 0.330 e. The van der Waals surface area contributed by atoms with Gasteiger partial charge < -0.3 is 10.1 Å². The monoisotopic (exact) mass is 414 g/mol. The number of imide groups is 1. The van der Waals surface area contributed by atoms with Gasteiger partial charge in [-0.05, 0) is 36.8 Å². The number of hydrogen-bond donors (Lipinski definition) is 1. The van der Waals surface area contributed by atoms with Crippen LogP contribution in [0.2, 0.25) is 0 Å². The molecular weight excluding hydrogens is 384 g/mol. The minimum absolute atomic E-state index is 0.286. The van der Waals surface area contributed by atoms with E-state index in [-0.39, 0.29) is 23.0 Å². The van der Waals surface area contributed by atoms with E-state index in [0.717, 1.165) is 17.7 Å². The maximum absolute atomic E-state index is 12.8.